The quantitative estimate of drug-likeness (QED) is 0.393. The molecule has 0 aromatic heterocycles. The monoisotopic (exact) mass is 213 g/mol. The second kappa shape index (κ2) is 4.29. The maximum atomic E-state index is 5.89. The summed E-state index contributed by atoms with van der Waals surface area (Å²) in [4.78, 5) is 0. The molecule has 0 fully saturated rings. The molecule has 15 heavy (non-hydrogen) atoms. The molecule has 2 N–H and O–H groups in total. The van der Waals surface area contributed by atoms with Crippen LogP contribution in [0, 0.1) is 11.8 Å². The van der Waals surface area contributed by atoms with Crippen molar-refractivity contribution in [1.82, 2.24) is 0 Å². The van der Waals surface area contributed by atoms with Gasteiger partial charge in [-0.05, 0) is 17.5 Å². The fourth-order valence-corrected chi connectivity index (χ4v) is 1.65. The van der Waals surface area contributed by atoms with Crippen LogP contribution in [0.2, 0.25) is 0 Å². The predicted molar refractivity (Wildman–Crippen MR) is 69.1 cm³/mol. The molecule has 0 radical (unpaired) electrons. The standard InChI is InChI=1S/C13H11NS/c14-13-8-7-10(4-3-9-15)11-5-1-2-6-12(11)13/h1-2,5-8,15H,9,14H2. The van der Waals surface area contributed by atoms with Gasteiger partial charge >= 0.3 is 0 Å². The van der Waals surface area contributed by atoms with Crippen LogP contribution in [-0.2, 0) is 0 Å². The van der Waals surface area contributed by atoms with E-state index in [1.54, 1.807) is 0 Å². The average Bonchev–Trinajstić information content (AvgIpc) is 2.29. The average molecular weight is 213 g/mol. The van der Waals surface area contributed by atoms with Crippen LogP contribution in [0.5, 0.6) is 0 Å². The lowest BCUT2D eigenvalue weighted by atomic mass is 10.0. The van der Waals surface area contributed by atoms with Crippen LogP contribution in [-0.4, -0.2) is 5.75 Å². The van der Waals surface area contributed by atoms with E-state index in [9.17, 15) is 0 Å². The second-order valence-electron chi connectivity index (χ2n) is 3.21. The molecule has 0 heterocycles. The van der Waals surface area contributed by atoms with Crippen LogP contribution < -0.4 is 5.73 Å². The molecule has 0 aliphatic heterocycles. The minimum atomic E-state index is 0.568. The van der Waals surface area contributed by atoms with Gasteiger partial charge in [0.2, 0.25) is 0 Å². The van der Waals surface area contributed by atoms with Crippen LogP contribution in [0.1, 0.15) is 5.56 Å². The first-order valence-corrected chi connectivity index (χ1v) is 5.33. The van der Waals surface area contributed by atoms with Crippen LogP contribution in [0.25, 0.3) is 10.8 Å². The van der Waals surface area contributed by atoms with E-state index in [2.05, 4.69) is 24.5 Å². The van der Waals surface area contributed by atoms with E-state index in [1.807, 2.05) is 36.4 Å². The molecular weight excluding hydrogens is 202 g/mol. The minimum absolute atomic E-state index is 0.568. The van der Waals surface area contributed by atoms with E-state index in [0.717, 1.165) is 22.0 Å². The highest BCUT2D eigenvalue weighted by Gasteiger charge is 2.00. The summed E-state index contributed by atoms with van der Waals surface area (Å²) >= 11 is 4.07. The zero-order valence-electron chi connectivity index (χ0n) is 8.20. The summed E-state index contributed by atoms with van der Waals surface area (Å²) in [6.07, 6.45) is 0. The summed E-state index contributed by atoms with van der Waals surface area (Å²) in [5.74, 6) is 6.60. The molecule has 0 spiro atoms. The van der Waals surface area contributed by atoms with Crippen molar-refractivity contribution in [1.29, 1.82) is 0 Å². The van der Waals surface area contributed by atoms with Gasteiger partial charge in [-0.2, -0.15) is 12.6 Å². The van der Waals surface area contributed by atoms with E-state index in [-0.39, 0.29) is 0 Å². The van der Waals surface area contributed by atoms with Gasteiger partial charge in [-0.1, -0.05) is 36.1 Å². The molecule has 2 aromatic carbocycles. The van der Waals surface area contributed by atoms with Gasteiger partial charge in [0.1, 0.15) is 0 Å². The maximum Gasteiger partial charge on any atom is 0.0521 e. The number of rotatable bonds is 0. The Hall–Kier alpha value is -1.59. The number of hydrogen-bond donors (Lipinski definition) is 2. The summed E-state index contributed by atoms with van der Waals surface area (Å²) in [5.41, 5.74) is 7.69. The van der Waals surface area contributed by atoms with Crippen molar-refractivity contribution in [3.05, 3.63) is 42.0 Å². The van der Waals surface area contributed by atoms with Gasteiger partial charge in [-0.15, -0.1) is 0 Å². The number of hydrogen-bond acceptors (Lipinski definition) is 2. The molecule has 0 amide bonds. The van der Waals surface area contributed by atoms with E-state index in [4.69, 9.17) is 5.73 Å². The largest absolute Gasteiger partial charge is 0.398 e. The van der Waals surface area contributed by atoms with Crippen LogP contribution in [0.4, 0.5) is 5.69 Å². The third kappa shape index (κ3) is 1.93. The van der Waals surface area contributed by atoms with Crippen molar-refractivity contribution in [3.63, 3.8) is 0 Å². The van der Waals surface area contributed by atoms with E-state index in [0.29, 0.717) is 5.75 Å². The summed E-state index contributed by atoms with van der Waals surface area (Å²) in [5, 5.41) is 2.16. The second-order valence-corrected chi connectivity index (χ2v) is 3.52. The third-order valence-corrected chi connectivity index (χ3v) is 2.42. The lowest BCUT2D eigenvalue weighted by Gasteiger charge is -2.03. The van der Waals surface area contributed by atoms with E-state index < -0.39 is 0 Å². The molecule has 1 nitrogen and oxygen atoms in total. The van der Waals surface area contributed by atoms with Gasteiger partial charge in [0.25, 0.3) is 0 Å². The van der Waals surface area contributed by atoms with Crippen molar-refractivity contribution in [2.45, 2.75) is 0 Å². The molecule has 0 saturated heterocycles. The van der Waals surface area contributed by atoms with Crippen molar-refractivity contribution < 1.29 is 0 Å². The number of nitrogens with two attached hydrogens (primary N) is 1. The summed E-state index contributed by atoms with van der Waals surface area (Å²) in [6.45, 7) is 0. The van der Waals surface area contributed by atoms with Gasteiger partial charge in [0.15, 0.2) is 0 Å². The highest BCUT2D eigenvalue weighted by Crippen LogP contribution is 2.23. The lowest BCUT2D eigenvalue weighted by molar-refractivity contribution is 1.68. The molecule has 0 unspecified atom stereocenters. The molecule has 0 saturated carbocycles. The molecule has 0 aliphatic carbocycles. The Morgan fingerprint density at radius 1 is 1.07 bits per heavy atom. The Balaban J connectivity index is 2.72. The van der Waals surface area contributed by atoms with Crippen LogP contribution >= 0.6 is 12.6 Å². The zero-order chi connectivity index (χ0) is 10.7. The van der Waals surface area contributed by atoms with Gasteiger partial charge in [0, 0.05) is 16.6 Å². The molecule has 0 bridgehead atoms. The molecule has 0 aliphatic rings. The van der Waals surface area contributed by atoms with Crippen molar-refractivity contribution >= 4 is 29.1 Å². The fourth-order valence-electron chi connectivity index (χ4n) is 1.57. The summed E-state index contributed by atoms with van der Waals surface area (Å²) in [6, 6.07) is 11.9. The number of anilines is 1. The highest BCUT2D eigenvalue weighted by molar-refractivity contribution is 7.80. The normalized spacial score (nSPS) is 9.67. The van der Waals surface area contributed by atoms with Gasteiger partial charge < -0.3 is 5.73 Å². The molecule has 2 heteroatoms. The summed E-state index contributed by atoms with van der Waals surface area (Å²) in [7, 11) is 0. The van der Waals surface area contributed by atoms with E-state index in [1.165, 1.54) is 0 Å². The van der Waals surface area contributed by atoms with Gasteiger partial charge in [-0.25, -0.2) is 0 Å². The van der Waals surface area contributed by atoms with Crippen LogP contribution in [0.15, 0.2) is 36.4 Å². The zero-order valence-corrected chi connectivity index (χ0v) is 9.09. The van der Waals surface area contributed by atoms with Crippen molar-refractivity contribution in [2.75, 3.05) is 11.5 Å². The predicted octanol–water partition coefficient (Wildman–Crippen LogP) is 2.70. The van der Waals surface area contributed by atoms with Crippen molar-refractivity contribution in [3.8, 4) is 11.8 Å². The number of fused-ring (bicyclic) bond motifs is 1. The van der Waals surface area contributed by atoms with Gasteiger partial charge in [-0.3, -0.25) is 0 Å². The Morgan fingerprint density at radius 3 is 2.53 bits per heavy atom. The Bertz CT molecular complexity index is 549. The topological polar surface area (TPSA) is 26.0 Å². The number of thiol groups is 1. The van der Waals surface area contributed by atoms with Crippen LogP contribution in [0.3, 0.4) is 0 Å². The minimum Gasteiger partial charge on any atom is -0.398 e. The summed E-state index contributed by atoms with van der Waals surface area (Å²) < 4.78 is 0. The maximum absolute atomic E-state index is 5.89. The highest BCUT2D eigenvalue weighted by atomic mass is 32.1. The van der Waals surface area contributed by atoms with Gasteiger partial charge in [0.05, 0.1) is 5.75 Å². The van der Waals surface area contributed by atoms with E-state index >= 15 is 0 Å². The molecule has 2 rings (SSSR count). The molecular formula is C13H11NS. The Labute approximate surface area is 94.7 Å². The number of nitrogen functional groups attached to an aromatic ring is 1. The Kier molecular flexibility index (Phi) is 2.84. The first kappa shape index (κ1) is 9.95. The fraction of sp³-hybridized carbons (Fsp3) is 0.0769. The lowest BCUT2D eigenvalue weighted by Crippen LogP contribution is -1.88. The smallest absolute Gasteiger partial charge is 0.0521 e. The molecule has 0 atom stereocenters. The molecule has 74 valence electrons. The SMILES string of the molecule is Nc1ccc(C#CCS)c2ccccc12. The first-order chi connectivity index (χ1) is 7.33. The third-order valence-electron chi connectivity index (χ3n) is 2.26. The van der Waals surface area contributed by atoms with Crippen molar-refractivity contribution in [2.24, 2.45) is 0 Å². The molecule has 2 aromatic rings. The Morgan fingerprint density at radius 2 is 1.80 bits per heavy atom. The first-order valence-electron chi connectivity index (χ1n) is 4.70. The number of benzene rings is 2.